The Labute approximate surface area is 638 Å². The molecule has 0 aliphatic rings. The zero-order valence-electron chi connectivity index (χ0n) is 68.7. The normalized spacial score (nSPS) is 14.5. The molecule has 0 fully saturated rings. The largest absolute Gasteiger partial charge is 0.472 e. The number of ether oxygens (including phenoxy) is 4. The van der Waals surface area contributed by atoms with Gasteiger partial charge in [0.2, 0.25) is 0 Å². The van der Waals surface area contributed by atoms with Crippen molar-refractivity contribution >= 4 is 39.5 Å². The second-order valence-corrected chi connectivity index (χ2v) is 34.9. The van der Waals surface area contributed by atoms with Crippen LogP contribution in [-0.2, 0) is 65.4 Å². The number of hydrogen-bond donors (Lipinski definition) is 3. The minimum Gasteiger partial charge on any atom is -0.462 e. The Morgan fingerprint density at radius 2 is 0.462 bits per heavy atom. The summed E-state index contributed by atoms with van der Waals surface area (Å²) in [7, 11) is -9.93. The molecule has 7 atom stereocenters. The molecule has 0 spiro atoms. The Balaban J connectivity index is 5.25. The molecule has 0 saturated heterocycles. The zero-order chi connectivity index (χ0) is 76.7. The van der Waals surface area contributed by atoms with Crippen molar-refractivity contribution in [2.75, 3.05) is 39.6 Å². The first-order valence-corrected chi connectivity index (χ1v) is 46.8. The highest BCUT2D eigenvalue weighted by atomic mass is 31.2. The molecule has 19 heteroatoms. The summed E-state index contributed by atoms with van der Waals surface area (Å²) in [5.74, 6) is 1.08. The second kappa shape index (κ2) is 73.8. The highest BCUT2D eigenvalue weighted by molar-refractivity contribution is 7.47. The maximum atomic E-state index is 13.1. The van der Waals surface area contributed by atoms with Gasteiger partial charge in [0.05, 0.1) is 26.4 Å². The van der Waals surface area contributed by atoms with Crippen LogP contribution in [0.5, 0.6) is 0 Å². The van der Waals surface area contributed by atoms with Gasteiger partial charge in [-0.3, -0.25) is 37.3 Å². The second-order valence-electron chi connectivity index (χ2n) is 32.0. The summed E-state index contributed by atoms with van der Waals surface area (Å²) in [6.45, 7) is 14.3. The van der Waals surface area contributed by atoms with Gasteiger partial charge in [-0.1, -0.05) is 389 Å². The van der Waals surface area contributed by atoms with Gasteiger partial charge in [0, 0.05) is 25.7 Å². The van der Waals surface area contributed by atoms with Crippen molar-refractivity contribution < 1.29 is 80.2 Å². The molecule has 0 bridgehead atoms. The number of esters is 4. The quantitative estimate of drug-likeness (QED) is 0.0222. The lowest BCUT2D eigenvalue weighted by molar-refractivity contribution is -0.161. The van der Waals surface area contributed by atoms with E-state index in [2.05, 4.69) is 55.4 Å². The van der Waals surface area contributed by atoms with Crippen LogP contribution in [0.4, 0.5) is 0 Å². The molecule has 0 heterocycles. The van der Waals surface area contributed by atoms with Crippen molar-refractivity contribution in [3.05, 3.63) is 0 Å². The third kappa shape index (κ3) is 75.5. The number of phosphoric acid groups is 2. The van der Waals surface area contributed by atoms with Crippen molar-refractivity contribution in [3.8, 4) is 0 Å². The van der Waals surface area contributed by atoms with E-state index in [1.54, 1.807) is 0 Å². The number of aliphatic hydroxyl groups excluding tert-OH is 1. The van der Waals surface area contributed by atoms with Crippen LogP contribution in [0.1, 0.15) is 441 Å². The van der Waals surface area contributed by atoms with E-state index in [9.17, 15) is 43.2 Å². The lowest BCUT2D eigenvalue weighted by Gasteiger charge is -2.21. The molecule has 0 aliphatic heterocycles. The van der Waals surface area contributed by atoms with Gasteiger partial charge in [0.15, 0.2) is 12.2 Å². The van der Waals surface area contributed by atoms with Gasteiger partial charge in [-0.2, -0.15) is 0 Å². The number of carbonyl (C=O) groups is 4. The van der Waals surface area contributed by atoms with Gasteiger partial charge in [-0.25, -0.2) is 9.13 Å². The summed E-state index contributed by atoms with van der Waals surface area (Å²) < 4.78 is 68.9. The molecule has 0 radical (unpaired) electrons. The van der Waals surface area contributed by atoms with Crippen LogP contribution in [-0.4, -0.2) is 96.7 Å². The van der Waals surface area contributed by atoms with E-state index in [0.29, 0.717) is 25.7 Å². The minimum atomic E-state index is -4.97. The summed E-state index contributed by atoms with van der Waals surface area (Å²) in [6.07, 6.45) is 62.4. The molecule has 4 unspecified atom stereocenters. The Morgan fingerprint density at radius 1 is 0.269 bits per heavy atom. The molecule has 0 saturated carbocycles. The first-order valence-electron chi connectivity index (χ1n) is 43.8. The monoisotopic (exact) mass is 1520 g/mol. The van der Waals surface area contributed by atoms with Gasteiger partial charge >= 0.3 is 39.5 Å². The van der Waals surface area contributed by atoms with E-state index in [1.807, 2.05) is 0 Å². The minimum absolute atomic E-state index is 0.107. The van der Waals surface area contributed by atoms with Crippen LogP contribution in [0.2, 0.25) is 0 Å². The van der Waals surface area contributed by atoms with Crippen molar-refractivity contribution in [2.24, 2.45) is 23.7 Å². The van der Waals surface area contributed by atoms with Gasteiger partial charge in [0.25, 0.3) is 0 Å². The Bertz CT molecular complexity index is 2030. The number of phosphoric ester groups is 2. The molecule has 0 aromatic carbocycles. The van der Waals surface area contributed by atoms with E-state index in [1.165, 1.54) is 238 Å². The Hall–Kier alpha value is -1.94. The predicted octanol–water partition coefficient (Wildman–Crippen LogP) is 25.6. The molecule has 618 valence electrons. The molecule has 3 N–H and O–H groups in total. The van der Waals surface area contributed by atoms with Gasteiger partial charge in [-0.15, -0.1) is 0 Å². The molecule has 0 aliphatic carbocycles. The highest BCUT2D eigenvalue weighted by Gasteiger charge is 2.30. The van der Waals surface area contributed by atoms with Crippen molar-refractivity contribution in [2.45, 2.75) is 459 Å². The van der Waals surface area contributed by atoms with Crippen molar-refractivity contribution in [3.63, 3.8) is 0 Å². The maximum absolute atomic E-state index is 13.1. The molecule has 104 heavy (non-hydrogen) atoms. The topological polar surface area (TPSA) is 237 Å². The van der Waals surface area contributed by atoms with Crippen LogP contribution in [0.15, 0.2) is 0 Å². The van der Waals surface area contributed by atoms with E-state index in [-0.39, 0.29) is 25.7 Å². The summed E-state index contributed by atoms with van der Waals surface area (Å²) in [5.41, 5.74) is 0. The fraction of sp³-hybridized carbons (Fsp3) is 0.953. The van der Waals surface area contributed by atoms with Crippen LogP contribution < -0.4 is 0 Å². The van der Waals surface area contributed by atoms with E-state index >= 15 is 0 Å². The lowest BCUT2D eigenvalue weighted by Crippen LogP contribution is -2.30. The Morgan fingerprint density at radius 3 is 0.683 bits per heavy atom. The molecule has 0 aromatic heterocycles. The van der Waals surface area contributed by atoms with E-state index in [0.717, 1.165) is 120 Å². The predicted molar refractivity (Wildman–Crippen MR) is 428 cm³/mol. The van der Waals surface area contributed by atoms with Gasteiger partial charge < -0.3 is 33.8 Å². The molecule has 17 nitrogen and oxygen atoms in total. The number of hydrogen-bond acceptors (Lipinski definition) is 15. The van der Waals surface area contributed by atoms with Gasteiger partial charge in [-0.05, 0) is 49.4 Å². The number of carbonyl (C=O) groups excluding carboxylic acids is 4. The molecule has 0 rings (SSSR count). The van der Waals surface area contributed by atoms with Gasteiger partial charge in [0.1, 0.15) is 19.3 Å². The van der Waals surface area contributed by atoms with E-state index in [4.69, 9.17) is 37.0 Å². The first-order chi connectivity index (χ1) is 50.2. The van der Waals surface area contributed by atoms with Crippen molar-refractivity contribution in [1.29, 1.82) is 0 Å². The zero-order valence-corrected chi connectivity index (χ0v) is 70.5. The fourth-order valence-electron chi connectivity index (χ4n) is 13.1. The summed E-state index contributed by atoms with van der Waals surface area (Å²) in [5, 5.41) is 10.7. The third-order valence-electron chi connectivity index (χ3n) is 20.5. The number of rotatable bonds is 82. The standard InChI is InChI=1S/C85H166O17P2/c1-9-77(7)63-55-47-39-33-27-21-17-18-24-30-36-42-52-60-68-85(90)102-81(72-96-83(88)66-58-50-44-43-48-56-64-78(8)10-2)74-100-104(93,94)98-70-79(86)69-97-103(91,92)99-73-80(101-84(89)67-59-51-41-35-29-23-16-12-14-20-26-32-38-46-54-62-76(5)6)71-95-82(87)65-57-49-40-34-28-22-15-11-13-19-25-31-37-45-53-61-75(3)4/h75-81,86H,9-74H2,1-8H3,(H,91,92)(H,93,94)/t77?,78?,79-,80-,81-/m1/s1. The van der Waals surface area contributed by atoms with Crippen molar-refractivity contribution in [1.82, 2.24) is 0 Å². The average Bonchev–Trinajstić information content (AvgIpc) is 1.45. The summed E-state index contributed by atoms with van der Waals surface area (Å²) in [6, 6.07) is 0. The highest BCUT2D eigenvalue weighted by Crippen LogP contribution is 2.45. The number of unbranched alkanes of at least 4 members (excludes halogenated alkanes) is 46. The first kappa shape index (κ1) is 102. The molecular weight excluding hydrogens is 1350 g/mol. The SMILES string of the molecule is CCC(C)CCCCCCCCCCCCCCCCC(=O)O[C@H](COC(=O)CCCCCCCCC(C)CC)COP(=O)(O)OC[C@H](O)COP(=O)(O)OC[C@@H](COC(=O)CCCCCCCCCCCCCCCCCC(C)C)OC(=O)CCCCCCCCCCCCCCCCCC(C)C. The van der Waals surface area contributed by atoms with Crippen LogP contribution >= 0.6 is 15.6 Å². The summed E-state index contributed by atoms with van der Waals surface area (Å²) >= 11 is 0. The lowest BCUT2D eigenvalue weighted by atomic mass is 9.99. The maximum Gasteiger partial charge on any atom is 0.472 e. The third-order valence-corrected chi connectivity index (χ3v) is 22.4. The molecular formula is C85H166O17P2. The molecule has 0 aromatic rings. The average molecular weight is 1520 g/mol. The fourth-order valence-corrected chi connectivity index (χ4v) is 14.7. The smallest absolute Gasteiger partial charge is 0.462 e. The number of aliphatic hydroxyl groups is 1. The van der Waals surface area contributed by atoms with Crippen LogP contribution in [0.25, 0.3) is 0 Å². The van der Waals surface area contributed by atoms with E-state index < -0.39 is 97.5 Å². The van der Waals surface area contributed by atoms with Crippen LogP contribution in [0, 0.1) is 23.7 Å². The Kier molecular flexibility index (Phi) is 72.5. The summed E-state index contributed by atoms with van der Waals surface area (Å²) in [4.78, 5) is 73.2. The molecule has 0 amide bonds. The van der Waals surface area contributed by atoms with Crippen LogP contribution in [0.3, 0.4) is 0 Å².